The fourth-order valence-electron chi connectivity index (χ4n) is 1.15. The van der Waals surface area contributed by atoms with Crippen molar-refractivity contribution in [2.24, 2.45) is 5.73 Å². The first-order valence-electron chi connectivity index (χ1n) is 4.94. The third-order valence-corrected chi connectivity index (χ3v) is 2.15. The summed E-state index contributed by atoms with van der Waals surface area (Å²) in [6.45, 7) is 1.80. The van der Waals surface area contributed by atoms with Crippen LogP contribution >= 0.6 is 0 Å². The number of hydrogen-bond acceptors (Lipinski definition) is 3. The highest BCUT2D eigenvalue weighted by Crippen LogP contribution is 2.11. The van der Waals surface area contributed by atoms with Crippen LogP contribution in [0.3, 0.4) is 0 Å². The van der Waals surface area contributed by atoms with Gasteiger partial charge in [-0.1, -0.05) is 13.0 Å². The zero-order valence-electron chi connectivity index (χ0n) is 8.93. The third-order valence-electron chi connectivity index (χ3n) is 2.15. The number of rotatable bonds is 4. The lowest BCUT2D eigenvalue weighted by atomic mass is 10.2. The molecule has 1 unspecified atom stereocenters. The molecule has 0 heterocycles. The number of carboxylic acids is 1. The number of nitrogens with two attached hydrogens (primary N) is 1. The predicted octanol–water partition coefficient (Wildman–Crippen LogP) is 1.06. The molecule has 1 rings (SSSR count). The Labute approximate surface area is 93.3 Å². The van der Waals surface area contributed by atoms with Gasteiger partial charge in [-0.2, -0.15) is 0 Å². The Hall–Kier alpha value is -1.88. The number of carbonyl (C=O) groups is 2. The van der Waals surface area contributed by atoms with Crippen LogP contribution in [-0.2, 0) is 4.79 Å². The van der Waals surface area contributed by atoms with Gasteiger partial charge in [0.15, 0.2) is 0 Å². The molecule has 5 nitrogen and oxygen atoms in total. The van der Waals surface area contributed by atoms with Crippen LogP contribution in [0.4, 0.5) is 5.69 Å². The molecule has 1 amide bonds. The lowest BCUT2D eigenvalue weighted by Crippen LogP contribution is -2.34. The summed E-state index contributed by atoms with van der Waals surface area (Å²) >= 11 is 0. The van der Waals surface area contributed by atoms with Crippen molar-refractivity contribution < 1.29 is 14.7 Å². The second-order valence-corrected chi connectivity index (χ2v) is 3.39. The molecule has 4 N–H and O–H groups in total. The average Bonchev–Trinajstić information content (AvgIpc) is 2.28. The van der Waals surface area contributed by atoms with E-state index in [0.29, 0.717) is 12.1 Å². The summed E-state index contributed by atoms with van der Waals surface area (Å²) in [5.41, 5.74) is 6.10. The summed E-state index contributed by atoms with van der Waals surface area (Å²) in [6, 6.07) is 5.46. The van der Waals surface area contributed by atoms with Gasteiger partial charge >= 0.3 is 5.97 Å². The van der Waals surface area contributed by atoms with Crippen LogP contribution in [0.25, 0.3) is 0 Å². The number of carbonyl (C=O) groups excluding carboxylic acids is 1. The molecule has 1 aromatic rings. The van der Waals surface area contributed by atoms with Crippen LogP contribution in [0.1, 0.15) is 23.7 Å². The van der Waals surface area contributed by atoms with Crippen LogP contribution in [0.5, 0.6) is 0 Å². The summed E-state index contributed by atoms with van der Waals surface area (Å²) < 4.78 is 0. The number of aromatic carboxylic acids is 1. The lowest BCUT2D eigenvalue weighted by molar-refractivity contribution is -0.117. The fraction of sp³-hybridized carbons (Fsp3) is 0.273. The Morgan fingerprint density at radius 1 is 1.50 bits per heavy atom. The van der Waals surface area contributed by atoms with E-state index in [1.807, 2.05) is 0 Å². The predicted molar refractivity (Wildman–Crippen MR) is 60.3 cm³/mol. The van der Waals surface area contributed by atoms with Crippen LogP contribution < -0.4 is 11.1 Å². The van der Waals surface area contributed by atoms with Crippen molar-refractivity contribution in [2.75, 3.05) is 5.32 Å². The molecule has 0 spiro atoms. The van der Waals surface area contributed by atoms with Crippen LogP contribution in [0, 0.1) is 0 Å². The first kappa shape index (κ1) is 12.2. The SMILES string of the molecule is CCC(N)C(=O)Nc1cccc(C(=O)O)c1. The second kappa shape index (κ2) is 5.27. The summed E-state index contributed by atoms with van der Waals surface area (Å²) in [7, 11) is 0. The van der Waals surface area contributed by atoms with Gasteiger partial charge in [0, 0.05) is 5.69 Å². The number of amides is 1. The monoisotopic (exact) mass is 222 g/mol. The minimum Gasteiger partial charge on any atom is -0.478 e. The fourth-order valence-corrected chi connectivity index (χ4v) is 1.15. The molecule has 1 aromatic carbocycles. The smallest absolute Gasteiger partial charge is 0.335 e. The maximum absolute atomic E-state index is 11.4. The summed E-state index contributed by atoms with van der Waals surface area (Å²) in [5, 5.41) is 11.3. The number of hydrogen-bond donors (Lipinski definition) is 3. The topological polar surface area (TPSA) is 92.4 Å². The Balaban J connectivity index is 2.78. The van der Waals surface area contributed by atoms with E-state index in [9.17, 15) is 9.59 Å². The van der Waals surface area contributed by atoms with Gasteiger partial charge in [0.1, 0.15) is 0 Å². The Bertz CT molecular complexity index is 404. The van der Waals surface area contributed by atoms with Gasteiger partial charge in [-0.05, 0) is 24.6 Å². The van der Waals surface area contributed by atoms with Gasteiger partial charge < -0.3 is 16.2 Å². The molecule has 0 aromatic heterocycles. The third kappa shape index (κ3) is 3.06. The molecule has 0 saturated heterocycles. The van der Waals surface area contributed by atoms with Crippen LogP contribution in [0.2, 0.25) is 0 Å². The van der Waals surface area contributed by atoms with E-state index >= 15 is 0 Å². The van der Waals surface area contributed by atoms with Crippen molar-refractivity contribution in [1.29, 1.82) is 0 Å². The largest absolute Gasteiger partial charge is 0.478 e. The molecule has 0 fully saturated rings. The Morgan fingerprint density at radius 2 is 2.19 bits per heavy atom. The highest BCUT2D eigenvalue weighted by Gasteiger charge is 2.11. The maximum Gasteiger partial charge on any atom is 0.335 e. The standard InChI is InChI=1S/C11H14N2O3/c1-2-9(12)10(14)13-8-5-3-4-7(6-8)11(15)16/h3-6,9H,2,12H2,1H3,(H,13,14)(H,15,16). The number of benzene rings is 1. The first-order valence-corrected chi connectivity index (χ1v) is 4.94. The van der Waals surface area contributed by atoms with E-state index in [1.165, 1.54) is 12.1 Å². The quantitative estimate of drug-likeness (QED) is 0.710. The summed E-state index contributed by atoms with van der Waals surface area (Å²) in [6.07, 6.45) is 0.532. The molecule has 0 radical (unpaired) electrons. The molecule has 0 aliphatic carbocycles. The molecule has 0 aliphatic heterocycles. The average molecular weight is 222 g/mol. The number of anilines is 1. The van der Waals surface area contributed by atoms with E-state index in [0.717, 1.165) is 0 Å². The summed E-state index contributed by atoms with van der Waals surface area (Å²) in [5.74, 6) is -1.35. The Kier molecular flexibility index (Phi) is 4.02. The van der Waals surface area contributed by atoms with Crippen molar-refractivity contribution in [2.45, 2.75) is 19.4 Å². The van der Waals surface area contributed by atoms with Crippen molar-refractivity contribution >= 4 is 17.6 Å². The van der Waals surface area contributed by atoms with Crippen LogP contribution in [-0.4, -0.2) is 23.0 Å². The first-order chi connectivity index (χ1) is 7.54. The van der Waals surface area contributed by atoms with Gasteiger partial charge in [0.25, 0.3) is 0 Å². The van der Waals surface area contributed by atoms with Crippen LogP contribution in [0.15, 0.2) is 24.3 Å². The molecule has 16 heavy (non-hydrogen) atoms. The van der Waals surface area contributed by atoms with Crippen molar-refractivity contribution in [3.8, 4) is 0 Å². The molecule has 5 heteroatoms. The second-order valence-electron chi connectivity index (χ2n) is 3.39. The van der Waals surface area contributed by atoms with E-state index < -0.39 is 12.0 Å². The van der Waals surface area contributed by atoms with Crippen molar-refractivity contribution in [1.82, 2.24) is 0 Å². The van der Waals surface area contributed by atoms with Crippen molar-refractivity contribution in [3.05, 3.63) is 29.8 Å². The van der Waals surface area contributed by atoms with Gasteiger partial charge in [0.2, 0.25) is 5.91 Å². The molecular formula is C11H14N2O3. The van der Waals surface area contributed by atoms with Gasteiger partial charge in [0.05, 0.1) is 11.6 Å². The lowest BCUT2D eigenvalue weighted by Gasteiger charge is -2.10. The minimum absolute atomic E-state index is 0.128. The highest BCUT2D eigenvalue weighted by molar-refractivity contribution is 5.96. The zero-order valence-corrected chi connectivity index (χ0v) is 8.93. The highest BCUT2D eigenvalue weighted by atomic mass is 16.4. The minimum atomic E-state index is -1.03. The van der Waals surface area contributed by atoms with E-state index in [2.05, 4.69) is 5.32 Å². The van der Waals surface area contributed by atoms with Gasteiger partial charge in [-0.3, -0.25) is 4.79 Å². The molecule has 0 aliphatic rings. The number of carboxylic acid groups (broad SMARTS) is 1. The van der Waals surface area contributed by atoms with Gasteiger partial charge in [-0.15, -0.1) is 0 Å². The van der Waals surface area contributed by atoms with Crippen molar-refractivity contribution in [3.63, 3.8) is 0 Å². The molecule has 0 bridgehead atoms. The molecule has 86 valence electrons. The van der Waals surface area contributed by atoms with E-state index in [-0.39, 0.29) is 11.5 Å². The zero-order chi connectivity index (χ0) is 12.1. The Morgan fingerprint density at radius 3 is 2.75 bits per heavy atom. The maximum atomic E-state index is 11.4. The van der Waals surface area contributed by atoms with E-state index in [4.69, 9.17) is 10.8 Å². The molecule has 1 atom stereocenters. The van der Waals surface area contributed by atoms with Gasteiger partial charge in [-0.25, -0.2) is 4.79 Å². The molecular weight excluding hydrogens is 208 g/mol. The normalized spacial score (nSPS) is 11.9. The molecule has 0 saturated carbocycles. The number of nitrogens with one attached hydrogen (secondary N) is 1. The van der Waals surface area contributed by atoms with E-state index in [1.54, 1.807) is 19.1 Å². The summed E-state index contributed by atoms with van der Waals surface area (Å²) in [4.78, 5) is 22.1.